The molecule has 0 N–H and O–H groups in total. The van der Waals surface area contributed by atoms with Gasteiger partial charge in [0.15, 0.2) is 18.3 Å². The first kappa shape index (κ1) is 12.1. The van der Waals surface area contributed by atoms with E-state index < -0.39 is 0 Å². The number of aromatic nitrogens is 6. The minimum absolute atomic E-state index is 0.148. The van der Waals surface area contributed by atoms with Crippen LogP contribution in [0.5, 0.6) is 6.08 Å². The highest BCUT2D eigenvalue weighted by molar-refractivity contribution is 5.02. The van der Waals surface area contributed by atoms with E-state index in [0.29, 0.717) is 17.7 Å². The summed E-state index contributed by atoms with van der Waals surface area (Å²) in [7, 11) is 0. The molecule has 8 nitrogen and oxygen atoms in total. The first-order valence-electron chi connectivity index (χ1n) is 6.28. The summed E-state index contributed by atoms with van der Waals surface area (Å²) in [4.78, 5) is 4.19. The van der Waals surface area contributed by atoms with Gasteiger partial charge in [-0.25, -0.2) is 4.68 Å². The van der Waals surface area contributed by atoms with E-state index in [1.807, 2.05) is 20.8 Å². The van der Waals surface area contributed by atoms with Gasteiger partial charge in [-0.3, -0.25) is 4.52 Å². The highest BCUT2D eigenvalue weighted by atomic mass is 16.6. The van der Waals surface area contributed by atoms with E-state index in [-0.39, 0.29) is 18.1 Å². The molecule has 0 aromatic carbocycles. The van der Waals surface area contributed by atoms with Crippen LogP contribution < -0.4 is 4.74 Å². The first-order valence-corrected chi connectivity index (χ1v) is 6.28. The maximum Gasteiger partial charge on any atom is 0.417 e. The van der Waals surface area contributed by atoms with E-state index in [1.165, 1.54) is 0 Å². The van der Waals surface area contributed by atoms with Gasteiger partial charge < -0.3 is 4.74 Å². The largest absolute Gasteiger partial charge is 0.441 e. The summed E-state index contributed by atoms with van der Waals surface area (Å²) in [5.74, 6) is 1.29. The van der Waals surface area contributed by atoms with Crippen LogP contribution in [0.1, 0.15) is 51.3 Å². The van der Waals surface area contributed by atoms with Gasteiger partial charge in [0.25, 0.3) is 0 Å². The summed E-state index contributed by atoms with van der Waals surface area (Å²) < 4.78 is 12.3. The fourth-order valence-electron chi connectivity index (χ4n) is 1.61. The molecule has 1 aliphatic carbocycles. The Hall–Kier alpha value is -1.99. The molecule has 0 amide bonds. The lowest BCUT2D eigenvalue weighted by Gasteiger charge is -2.10. The van der Waals surface area contributed by atoms with Crippen molar-refractivity contribution in [1.82, 2.24) is 30.3 Å². The Morgan fingerprint density at radius 3 is 2.79 bits per heavy atom. The SMILES string of the molecule is CC(C)(C)c1noc(OCc2nnnn2C2CC2)n1. The Kier molecular flexibility index (Phi) is 2.72. The van der Waals surface area contributed by atoms with Gasteiger partial charge in [0.05, 0.1) is 6.04 Å². The molecule has 0 saturated heterocycles. The maximum atomic E-state index is 5.44. The van der Waals surface area contributed by atoms with Crippen LogP contribution in [-0.4, -0.2) is 30.3 Å². The molecule has 2 aromatic heterocycles. The second kappa shape index (κ2) is 4.29. The molecule has 0 radical (unpaired) electrons. The maximum absolute atomic E-state index is 5.44. The summed E-state index contributed by atoms with van der Waals surface area (Å²) in [6.07, 6.45) is 2.38. The highest BCUT2D eigenvalue weighted by Gasteiger charge is 2.28. The van der Waals surface area contributed by atoms with Gasteiger partial charge >= 0.3 is 6.08 Å². The molecule has 3 rings (SSSR count). The molecule has 0 bridgehead atoms. The van der Waals surface area contributed by atoms with Crippen LogP contribution in [0, 0.1) is 0 Å². The van der Waals surface area contributed by atoms with Gasteiger partial charge in [0.1, 0.15) is 0 Å². The van der Waals surface area contributed by atoms with Crippen molar-refractivity contribution < 1.29 is 9.26 Å². The van der Waals surface area contributed by atoms with Crippen LogP contribution in [0.15, 0.2) is 4.52 Å². The molecular weight excluding hydrogens is 248 g/mol. The van der Waals surface area contributed by atoms with E-state index in [4.69, 9.17) is 9.26 Å². The van der Waals surface area contributed by atoms with Crippen LogP contribution in [0.25, 0.3) is 0 Å². The lowest BCUT2D eigenvalue weighted by molar-refractivity contribution is 0.186. The summed E-state index contributed by atoms with van der Waals surface area (Å²) in [5, 5.41) is 15.4. The van der Waals surface area contributed by atoms with Crippen molar-refractivity contribution in [2.45, 2.75) is 51.7 Å². The van der Waals surface area contributed by atoms with Crippen molar-refractivity contribution in [3.63, 3.8) is 0 Å². The van der Waals surface area contributed by atoms with Crippen LogP contribution in [0.2, 0.25) is 0 Å². The molecule has 102 valence electrons. The average Bonchev–Trinajstić information content (AvgIpc) is 2.91. The molecule has 8 heteroatoms. The van der Waals surface area contributed by atoms with Gasteiger partial charge in [-0.15, -0.1) is 5.10 Å². The topological polar surface area (TPSA) is 91.8 Å². The summed E-state index contributed by atoms with van der Waals surface area (Å²) in [6.45, 7) is 6.26. The number of hydrogen-bond acceptors (Lipinski definition) is 7. The smallest absolute Gasteiger partial charge is 0.417 e. The van der Waals surface area contributed by atoms with Crippen molar-refractivity contribution in [2.75, 3.05) is 0 Å². The number of tetrazole rings is 1. The first-order chi connectivity index (χ1) is 9.04. The van der Waals surface area contributed by atoms with Crippen molar-refractivity contribution in [1.29, 1.82) is 0 Å². The zero-order valence-corrected chi connectivity index (χ0v) is 11.2. The van der Waals surface area contributed by atoms with E-state index in [9.17, 15) is 0 Å². The summed E-state index contributed by atoms with van der Waals surface area (Å²) >= 11 is 0. The van der Waals surface area contributed by atoms with E-state index in [1.54, 1.807) is 4.68 Å². The van der Waals surface area contributed by atoms with Crippen LogP contribution in [0.3, 0.4) is 0 Å². The van der Waals surface area contributed by atoms with E-state index in [2.05, 4.69) is 25.7 Å². The Morgan fingerprint density at radius 1 is 1.37 bits per heavy atom. The predicted molar refractivity (Wildman–Crippen MR) is 63.4 cm³/mol. The molecule has 2 heterocycles. The van der Waals surface area contributed by atoms with Gasteiger partial charge in [-0.1, -0.05) is 25.9 Å². The molecule has 2 aromatic rings. The lowest BCUT2D eigenvalue weighted by atomic mass is 9.96. The van der Waals surface area contributed by atoms with Crippen LogP contribution >= 0.6 is 0 Å². The van der Waals surface area contributed by atoms with Gasteiger partial charge in [-0.2, -0.15) is 4.98 Å². The zero-order valence-electron chi connectivity index (χ0n) is 11.2. The standard InChI is InChI=1S/C11H16N6O2/c1-11(2,3)9-12-10(19-14-9)18-6-8-13-15-16-17(8)7-4-5-7/h7H,4-6H2,1-3H3. The molecule has 0 atom stereocenters. The average molecular weight is 264 g/mol. The second-order valence-corrected chi connectivity index (χ2v) is 5.69. The van der Waals surface area contributed by atoms with Crippen molar-refractivity contribution >= 4 is 0 Å². The number of nitrogens with zero attached hydrogens (tertiary/aromatic N) is 6. The quantitative estimate of drug-likeness (QED) is 0.820. The Bertz CT molecular complexity index is 566. The summed E-state index contributed by atoms with van der Waals surface area (Å²) in [5.41, 5.74) is -0.166. The number of rotatable bonds is 4. The van der Waals surface area contributed by atoms with E-state index >= 15 is 0 Å². The fourth-order valence-corrected chi connectivity index (χ4v) is 1.61. The van der Waals surface area contributed by atoms with Crippen LogP contribution in [-0.2, 0) is 12.0 Å². The zero-order chi connectivity index (χ0) is 13.5. The molecule has 1 aliphatic rings. The molecule has 1 fully saturated rings. The lowest BCUT2D eigenvalue weighted by Crippen LogP contribution is -2.13. The third-order valence-corrected chi connectivity index (χ3v) is 2.86. The van der Waals surface area contributed by atoms with Crippen molar-refractivity contribution in [3.05, 3.63) is 11.6 Å². The second-order valence-electron chi connectivity index (χ2n) is 5.69. The molecule has 19 heavy (non-hydrogen) atoms. The monoisotopic (exact) mass is 264 g/mol. The summed E-state index contributed by atoms with van der Waals surface area (Å²) in [6, 6.07) is 0.418. The molecule has 0 unspecified atom stereocenters. The van der Waals surface area contributed by atoms with Crippen molar-refractivity contribution in [3.8, 4) is 6.08 Å². The van der Waals surface area contributed by atoms with Gasteiger partial charge in [0.2, 0.25) is 0 Å². The van der Waals surface area contributed by atoms with E-state index in [0.717, 1.165) is 12.8 Å². The minimum atomic E-state index is -0.166. The third kappa shape index (κ3) is 2.56. The Labute approximate surface area is 110 Å². The normalized spacial score (nSPS) is 15.7. The van der Waals surface area contributed by atoms with Gasteiger partial charge in [0, 0.05) is 5.41 Å². The van der Waals surface area contributed by atoms with Gasteiger partial charge in [-0.05, 0) is 23.3 Å². The molecular formula is C11H16N6O2. The third-order valence-electron chi connectivity index (χ3n) is 2.86. The molecule has 0 aliphatic heterocycles. The van der Waals surface area contributed by atoms with Crippen LogP contribution in [0.4, 0.5) is 0 Å². The Morgan fingerprint density at radius 2 is 2.16 bits per heavy atom. The predicted octanol–water partition coefficient (Wildman–Crippen LogP) is 1.27. The fraction of sp³-hybridized carbons (Fsp3) is 0.727. The minimum Gasteiger partial charge on any atom is -0.441 e. The van der Waals surface area contributed by atoms with Crippen molar-refractivity contribution in [2.24, 2.45) is 0 Å². The molecule has 0 spiro atoms. The number of ether oxygens (including phenoxy) is 1. The number of hydrogen-bond donors (Lipinski definition) is 0. The molecule has 1 saturated carbocycles. The highest BCUT2D eigenvalue weighted by Crippen LogP contribution is 2.34. The Balaban J connectivity index is 1.65.